The topological polar surface area (TPSA) is 0 Å². The van der Waals surface area contributed by atoms with E-state index in [4.69, 9.17) is 0 Å². The predicted octanol–water partition coefficient (Wildman–Crippen LogP) is 2.19. The van der Waals surface area contributed by atoms with Crippen molar-refractivity contribution in [2.24, 2.45) is 0 Å². The van der Waals surface area contributed by atoms with Gasteiger partial charge in [-0.05, 0) is 15.9 Å². The van der Waals surface area contributed by atoms with Gasteiger partial charge in [0.2, 0.25) is 0 Å². The maximum absolute atomic E-state index is 3.26. The highest BCUT2D eigenvalue weighted by atomic mass is 78.9. The minimum absolute atomic E-state index is 1.01. The molecule has 34 valence electrons. The Labute approximate surface area is 51.4 Å². The second-order valence-corrected chi connectivity index (χ2v) is 2.06. The van der Waals surface area contributed by atoms with E-state index in [0.717, 1.165) is 4.48 Å². The molecule has 0 saturated carbocycles. The molecule has 1 rings (SSSR count). The minimum Gasteiger partial charge on any atom is -0.00773 e. The molecule has 0 aromatic heterocycles. The lowest BCUT2D eigenvalue weighted by atomic mass is 10.3. The van der Waals surface area contributed by atoms with Crippen LogP contribution in [0.3, 0.4) is 0 Å². The molecular weight excluding hydrogens is 151 g/mol. The van der Waals surface area contributed by atoms with Crippen LogP contribution in [0.15, 0.2) is 28.8 Å². The lowest BCUT2D eigenvalue weighted by Gasteiger charge is -1.74. The van der Waals surface area contributed by atoms with Crippen LogP contribution < -0.4 is 0 Å². The number of hydrogen-bond donors (Lipinski definition) is 0. The Hall–Kier alpha value is -0.390. The van der Waals surface area contributed by atoms with Crippen LogP contribution in [0.1, 0.15) is 0 Å². The maximum atomic E-state index is 3.26. The first kappa shape index (κ1) is 4.76. The molecule has 0 nitrogen and oxygen atoms in total. The predicted molar refractivity (Wildman–Crippen MR) is 34.0 cm³/mol. The fraction of sp³-hybridized carbons (Fsp3) is 0. The van der Waals surface area contributed by atoms with Crippen molar-refractivity contribution in [2.75, 3.05) is 0 Å². The fourth-order valence-electron chi connectivity index (χ4n) is 0.371. The van der Waals surface area contributed by atoms with E-state index in [0.29, 0.717) is 0 Å². The molecule has 0 unspecified atom stereocenters. The lowest BCUT2D eigenvalue weighted by Crippen LogP contribution is -1.65. The van der Waals surface area contributed by atoms with Crippen LogP contribution in [0.25, 0.3) is 0 Å². The molecule has 0 saturated heterocycles. The summed E-state index contributed by atoms with van der Waals surface area (Å²) in [7, 11) is 0. The van der Waals surface area contributed by atoms with Crippen molar-refractivity contribution in [3.63, 3.8) is 0 Å². The van der Waals surface area contributed by atoms with Crippen molar-refractivity contribution in [1.82, 2.24) is 0 Å². The molecule has 0 bridgehead atoms. The maximum Gasteiger partial charge on any atom is 0.180 e. The Kier molecular flexibility index (Phi) is 1.40. The van der Waals surface area contributed by atoms with Crippen molar-refractivity contribution < 1.29 is 0 Å². The van der Waals surface area contributed by atoms with Crippen molar-refractivity contribution in [3.8, 4) is 0 Å². The second-order valence-electron chi connectivity index (χ2n) is 1.21. The van der Waals surface area contributed by atoms with Crippen LogP contribution in [0.2, 0.25) is 0 Å². The second kappa shape index (κ2) is 2.06. The summed E-state index contributed by atoms with van der Waals surface area (Å²) in [4.78, 5) is 0. The van der Waals surface area contributed by atoms with Gasteiger partial charge in [0.15, 0.2) is 4.48 Å². The summed E-state index contributed by atoms with van der Waals surface area (Å²) >= 11 is 3.26. The summed E-state index contributed by atoms with van der Waals surface area (Å²) in [6.07, 6.45) is 10.7. The summed E-state index contributed by atoms with van der Waals surface area (Å²) in [6, 6.07) is 0. The number of rotatable bonds is 0. The average Bonchev–Trinajstić information content (AvgIpc) is 1.69. The minimum atomic E-state index is 1.01. The Morgan fingerprint density at radius 1 is 1.43 bits per heavy atom. The standard InChI is InChI=1S/C6H4Br/c7-6-4-2-1-3-5-6/h1-4H/q+1/i7-1. The first-order valence-electron chi connectivity index (χ1n) is 2.02. The van der Waals surface area contributed by atoms with Crippen molar-refractivity contribution in [2.45, 2.75) is 0 Å². The van der Waals surface area contributed by atoms with Gasteiger partial charge in [-0.1, -0.05) is 0 Å². The quantitative estimate of drug-likeness (QED) is 0.470. The van der Waals surface area contributed by atoms with E-state index in [1.807, 2.05) is 24.3 Å². The van der Waals surface area contributed by atoms with E-state index in [-0.39, 0.29) is 0 Å². The Balaban J connectivity index is 2.82. The molecule has 0 aromatic carbocycles. The fourth-order valence-corrected chi connectivity index (χ4v) is 0.656. The summed E-state index contributed by atoms with van der Waals surface area (Å²) in [5, 5.41) is 0. The largest absolute Gasteiger partial charge is 0.180 e. The van der Waals surface area contributed by atoms with Crippen LogP contribution in [-0.2, 0) is 0 Å². The molecule has 0 heterocycles. The van der Waals surface area contributed by atoms with Gasteiger partial charge in [0.1, 0.15) is 6.08 Å². The highest BCUT2D eigenvalue weighted by Gasteiger charge is 1.93. The molecular formula is C6H4Br+. The molecule has 0 N–H and O–H groups in total. The summed E-state index contributed by atoms with van der Waals surface area (Å²) < 4.78 is 1.01. The van der Waals surface area contributed by atoms with Gasteiger partial charge in [-0.3, -0.25) is 0 Å². The monoisotopic (exact) mass is 155 g/mol. The van der Waals surface area contributed by atoms with E-state index in [2.05, 4.69) is 22.0 Å². The molecule has 1 aliphatic carbocycles. The SMILES string of the molecule is [79Br]C1=CC=CC=[C+]1. The molecule has 0 aliphatic heterocycles. The summed E-state index contributed by atoms with van der Waals surface area (Å²) in [5.41, 5.74) is 0. The van der Waals surface area contributed by atoms with E-state index in [1.165, 1.54) is 0 Å². The molecule has 0 amide bonds. The third-order valence-electron chi connectivity index (χ3n) is 0.671. The van der Waals surface area contributed by atoms with Crippen molar-refractivity contribution in [1.29, 1.82) is 0 Å². The van der Waals surface area contributed by atoms with Gasteiger partial charge in [-0.15, -0.1) is 0 Å². The lowest BCUT2D eigenvalue weighted by molar-refractivity contribution is 1.73. The van der Waals surface area contributed by atoms with E-state index < -0.39 is 0 Å². The van der Waals surface area contributed by atoms with Crippen LogP contribution in [0.4, 0.5) is 0 Å². The third kappa shape index (κ3) is 1.26. The Morgan fingerprint density at radius 2 is 2.29 bits per heavy atom. The molecule has 0 atom stereocenters. The molecule has 0 fully saturated rings. The number of hydrogen-bond acceptors (Lipinski definition) is 0. The first-order chi connectivity index (χ1) is 3.39. The van der Waals surface area contributed by atoms with Gasteiger partial charge >= 0.3 is 0 Å². The third-order valence-corrected chi connectivity index (χ3v) is 1.16. The summed E-state index contributed by atoms with van der Waals surface area (Å²) in [6.45, 7) is 0. The van der Waals surface area contributed by atoms with E-state index >= 15 is 0 Å². The van der Waals surface area contributed by atoms with Gasteiger partial charge < -0.3 is 0 Å². The van der Waals surface area contributed by atoms with Gasteiger partial charge in [-0.2, -0.15) is 0 Å². The normalized spacial score (nSPS) is 15.9. The zero-order chi connectivity index (χ0) is 5.11. The average molecular weight is 155 g/mol. The van der Waals surface area contributed by atoms with E-state index in [9.17, 15) is 0 Å². The molecule has 7 heavy (non-hydrogen) atoms. The van der Waals surface area contributed by atoms with Crippen LogP contribution in [0, 0.1) is 6.08 Å². The number of halogens is 1. The highest BCUT2D eigenvalue weighted by molar-refractivity contribution is 9.11. The zero-order valence-corrected chi connectivity index (χ0v) is 5.27. The Bertz CT molecular complexity index is 140. The zero-order valence-electron chi connectivity index (χ0n) is 3.69. The summed E-state index contributed by atoms with van der Waals surface area (Å²) in [5.74, 6) is 0. The smallest absolute Gasteiger partial charge is 0.00773 e. The number of allylic oxidation sites excluding steroid dienone is 6. The molecule has 0 aromatic rings. The van der Waals surface area contributed by atoms with Gasteiger partial charge in [0.05, 0.1) is 18.2 Å². The molecule has 0 radical (unpaired) electrons. The van der Waals surface area contributed by atoms with Crippen molar-refractivity contribution >= 4 is 15.9 Å². The first-order valence-corrected chi connectivity index (χ1v) is 2.81. The van der Waals surface area contributed by atoms with Gasteiger partial charge in [0, 0.05) is 6.08 Å². The molecule has 0 spiro atoms. The van der Waals surface area contributed by atoms with Gasteiger partial charge in [-0.25, -0.2) is 0 Å². The van der Waals surface area contributed by atoms with Crippen LogP contribution in [-0.4, -0.2) is 0 Å². The Morgan fingerprint density at radius 3 is 2.57 bits per heavy atom. The van der Waals surface area contributed by atoms with Crippen LogP contribution in [0.5, 0.6) is 0 Å². The molecule has 1 heteroatoms. The van der Waals surface area contributed by atoms with E-state index in [1.54, 1.807) is 0 Å². The van der Waals surface area contributed by atoms with Crippen molar-refractivity contribution in [3.05, 3.63) is 34.9 Å². The van der Waals surface area contributed by atoms with Crippen LogP contribution >= 0.6 is 15.9 Å². The molecule has 1 aliphatic rings. The highest BCUT2D eigenvalue weighted by Crippen LogP contribution is 2.08. The van der Waals surface area contributed by atoms with Gasteiger partial charge in [0.25, 0.3) is 0 Å².